The van der Waals surface area contributed by atoms with E-state index in [0.717, 1.165) is 45.5 Å². The third-order valence-electron chi connectivity index (χ3n) is 3.02. The van der Waals surface area contributed by atoms with E-state index < -0.39 is 5.54 Å². The molecule has 0 amide bonds. The lowest BCUT2D eigenvalue weighted by molar-refractivity contribution is 0.0507. The van der Waals surface area contributed by atoms with Crippen LogP contribution in [-0.2, 0) is 14.2 Å². The lowest BCUT2D eigenvalue weighted by atomic mass is 9.97. The lowest BCUT2D eigenvalue weighted by Gasteiger charge is -2.20. The van der Waals surface area contributed by atoms with E-state index in [4.69, 9.17) is 19.5 Å². The van der Waals surface area contributed by atoms with Crippen molar-refractivity contribution in [1.82, 2.24) is 5.32 Å². The summed E-state index contributed by atoms with van der Waals surface area (Å²) in [4.78, 5) is 0. The second-order valence-corrected chi connectivity index (χ2v) is 4.72. The van der Waals surface area contributed by atoms with Crippen LogP contribution in [0.1, 0.15) is 32.6 Å². The van der Waals surface area contributed by atoms with E-state index in [9.17, 15) is 0 Å². The Kier molecular flexibility index (Phi) is 11.9. The highest BCUT2D eigenvalue weighted by Gasteiger charge is 2.19. The molecule has 1 atom stereocenters. The monoisotopic (exact) mass is 272 g/mol. The van der Waals surface area contributed by atoms with Crippen molar-refractivity contribution in [2.45, 2.75) is 38.1 Å². The maximum atomic E-state index is 8.98. The van der Waals surface area contributed by atoms with E-state index >= 15 is 0 Å². The van der Waals surface area contributed by atoms with Gasteiger partial charge >= 0.3 is 0 Å². The molecule has 0 saturated heterocycles. The summed E-state index contributed by atoms with van der Waals surface area (Å²) < 4.78 is 15.7. The normalized spacial score (nSPS) is 14.0. The number of nitriles is 1. The van der Waals surface area contributed by atoms with Gasteiger partial charge in [-0.1, -0.05) is 0 Å². The van der Waals surface area contributed by atoms with E-state index in [1.54, 1.807) is 7.11 Å². The molecule has 0 saturated carbocycles. The predicted octanol–water partition coefficient (Wildman–Crippen LogP) is 1.73. The fourth-order valence-corrected chi connectivity index (χ4v) is 1.53. The van der Waals surface area contributed by atoms with Crippen LogP contribution in [0.15, 0.2) is 0 Å². The molecule has 0 aliphatic rings. The number of hydrogen-bond donors (Lipinski definition) is 1. The smallest absolute Gasteiger partial charge is 0.103 e. The lowest BCUT2D eigenvalue weighted by Crippen LogP contribution is -2.37. The first-order valence-corrected chi connectivity index (χ1v) is 6.93. The van der Waals surface area contributed by atoms with Crippen LogP contribution in [0.5, 0.6) is 0 Å². The molecule has 5 heteroatoms. The zero-order valence-electron chi connectivity index (χ0n) is 12.5. The molecule has 19 heavy (non-hydrogen) atoms. The minimum Gasteiger partial charge on any atom is -0.382 e. The number of rotatable bonds is 13. The van der Waals surface area contributed by atoms with Crippen molar-refractivity contribution in [3.8, 4) is 6.07 Å². The zero-order valence-corrected chi connectivity index (χ0v) is 12.5. The van der Waals surface area contributed by atoms with Crippen LogP contribution in [0.25, 0.3) is 0 Å². The molecule has 0 bridgehead atoms. The largest absolute Gasteiger partial charge is 0.382 e. The second kappa shape index (κ2) is 12.4. The van der Waals surface area contributed by atoms with Gasteiger partial charge in [-0.15, -0.1) is 0 Å². The molecule has 1 unspecified atom stereocenters. The van der Waals surface area contributed by atoms with Crippen LogP contribution in [0.3, 0.4) is 0 Å². The Hall–Kier alpha value is -0.670. The van der Waals surface area contributed by atoms with E-state index in [-0.39, 0.29) is 0 Å². The van der Waals surface area contributed by atoms with Crippen LogP contribution in [0.2, 0.25) is 0 Å². The van der Waals surface area contributed by atoms with E-state index in [1.165, 1.54) is 0 Å². The van der Waals surface area contributed by atoms with Gasteiger partial charge in [-0.2, -0.15) is 5.26 Å². The topological polar surface area (TPSA) is 63.5 Å². The highest BCUT2D eigenvalue weighted by Crippen LogP contribution is 2.11. The van der Waals surface area contributed by atoms with Gasteiger partial charge in [0.05, 0.1) is 19.3 Å². The Morgan fingerprint density at radius 1 is 1.00 bits per heavy atom. The molecule has 0 aromatic carbocycles. The van der Waals surface area contributed by atoms with Gasteiger partial charge in [0, 0.05) is 26.9 Å². The van der Waals surface area contributed by atoms with Gasteiger partial charge in [0.2, 0.25) is 0 Å². The molecular weight excluding hydrogens is 244 g/mol. The van der Waals surface area contributed by atoms with E-state index in [2.05, 4.69) is 11.4 Å². The molecule has 112 valence electrons. The van der Waals surface area contributed by atoms with Crippen molar-refractivity contribution in [3.05, 3.63) is 0 Å². The van der Waals surface area contributed by atoms with Crippen LogP contribution >= 0.6 is 0 Å². The van der Waals surface area contributed by atoms with Crippen LogP contribution in [-0.4, -0.2) is 52.7 Å². The van der Waals surface area contributed by atoms with Gasteiger partial charge in [-0.05, 0) is 39.7 Å². The Bertz CT molecular complexity index is 243. The summed E-state index contributed by atoms with van der Waals surface area (Å²) in [6, 6.07) is 2.28. The second-order valence-electron chi connectivity index (χ2n) is 4.72. The molecule has 5 nitrogen and oxygen atoms in total. The van der Waals surface area contributed by atoms with Crippen LogP contribution in [0.4, 0.5) is 0 Å². The maximum absolute atomic E-state index is 8.98. The Balaban J connectivity index is 3.22. The molecule has 0 heterocycles. The predicted molar refractivity (Wildman–Crippen MR) is 75.1 cm³/mol. The number of methoxy groups -OCH3 is 1. The fraction of sp³-hybridized carbons (Fsp3) is 0.929. The molecule has 0 rings (SSSR count). The molecule has 0 aromatic heterocycles. The molecule has 0 aromatic rings. The third kappa shape index (κ3) is 10.9. The first-order chi connectivity index (χ1) is 9.18. The SMILES string of the molecule is CNC(C)(C#N)CCCCOCCCOCCOC. The minimum atomic E-state index is -0.408. The molecule has 0 aliphatic carbocycles. The van der Waals surface area contributed by atoms with Gasteiger partial charge in [-0.3, -0.25) is 0 Å². The first kappa shape index (κ1) is 18.3. The molecule has 1 N–H and O–H groups in total. The quantitative estimate of drug-likeness (QED) is 0.517. The van der Waals surface area contributed by atoms with Crippen molar-refractivity contribution in [1.29, 1.82) is 5.26 Å². The summed E-state index contributed by atoms with van der Waals surface area (Å²) in [7, 11) is 3.49. The number of hydrogen-bond acceptors (Lipinski definition) is 5. The van der Waals surface area contributed by atoms with Crippen molar-refractivity contribution >= 4 is 0 Å². The molecule has 0 fully saturated rings. The average Bonchev–Trinajstić information content (AvgIpc) is 2.44. The van der Waals surface area contributed by atoms with Crippen molar-refractivity contribution in [3.63, 3.8) is 0 Å². The maximum Gasteiger partial charge on any atom is 0.103 e. The molecule has 0 radical (unpaired) electrons. The summed E-state index contributed by atoms with van der Waals surface area (Å²) >= 11 is 0. The van der Waals surface area contributed by atoms with Crippen LogP contribution in [0, 0.1) is 11.3 Å². The van der Waals surface area contributed by atoms with Crippen molar-refractivity contribution in [2.24, 2.45) is 0 Å². The zero-order chi connectivity index (χ0) is 14.4. The Morgan fingerprint density at radius 3 is 2.21 bits per heavy atom. The summed E-state index contributed by atoms with van der Waals surface area (Å²) in [6.45, 7) is 5.41. The van der Waals surface area contributed by atoms with Gasteiger partial charge in [-0.25, -0.2) is 0 Å². The fourth-order valence-electron chi connectivity index (χ4n) is 1.53. The molecule has 0 aliphatic heterocycles. The number of nitrogens with zero attached hydrogens (tertiary/aromatic N) is 1. The molecular formula is C14H28N2O3. The highest BCUT2D eigenvalue weighted by atomic mass is 16.5. The van der Waals surface area contributed by atoms with Gasteiger partial charge in [0.25, 0.3) is 0 Å². The third-order valence-corrected chi connectivity index (χ3v) is 3.02. The first-order valence-electron chi connectivity index (χ1n) is 6.93. The number of ether oxygens (including phenoxy) is 3. The number of unbranched alkanes of at least 4 members (excludes halogenated alkanes) is 1. The Labute approximate surface area is 117 Å². The van der Waals surface area contributed by atoms with Gasteiger partial charge in [0.1, 0.15) is 5.54 Å². The molecule has 0 spiro atoms. The summed E-state index contributed by atoms with van der Waals surface area (Å²) in [5.74, 6) is 0. The average molecular weight is 272 g/mol. The van der Waals surface area contributed by atoms with Crippen LogP contribution < -0.4 is 5.32 Å². The highest BCUT2D eigenvalue weighted by molar-refractivity contribution is 5.02. The van der Waals surface area contributed by atoms with E-state index in [0.29, 0.717) is 13.2 Å². The van der Waals surface area contributed by atoms with E-state index in [1.807, 2.05) is 14.0 Å². The van der Waals surface area contributed by atoms with Gasteiger partial charge < -0.3 is 19.5 Å². The summed E-state index contributed by atoms with van der Waals surface area (Å²) in [5, 5.41) is 12.0. The minimum absolute atomic E-state index is 0.408. The summed E-state index contributed by atoms with van der Waals surface area (Å²) in [5.41, 5.74) is -0.408. The van der Waals surface area contributed by atoms with Crippen molar-refractivity contribution < 1.29 is 14.2 Å². The Morgan fingerprint density at radius 2 is 1.63 bits per heavy atom. The number of nitrogens with one attached hydrogen (secondary N) is 1. The summed E-state index contributed by atoms with van der Waals surface area (Å²) in [6.07, 6.45) is 3.75. The van der Waals surface area contributed by atoms with Crippen molar-refractivity contribution in [2.75, 3.05) is 47.2 Å². The standard InChI is InChI=1S/C14H28N2O3/c1-14(13-15,16-2)7-4-5-8-18-9-6-10-19-12-11-17-3/h16H,4-12H2,1-3H3. The van der Waals surface area contributed by atoms with Gasteiger partial charge in [0.15, 0.2) is 0 Å².